The molecule has 0 aliphatic carbocycles. The van der Waals surface area contributed by atoms with Crippen molar-refractivity contribution >= 4 is 18.9 Å². The summed E-state index contributed by atoms with van der Waals surface area (Å²) in [5.41, 5.74) is 0. The molecule has 0 aliphatic heterocycles. The SMILES string of the molecule is CCCCCCCCCCN(C)CCCC.[Li]. The molecule has 0 saturated carbocycles. The van der Waals surface area contributed by atoms with E-state index in [4.69, 9.17) is 0 Å². The summed E-state index contributed by atoms with van der Waals surface area (Å²) >= 11 is 0. The van der Waals surface area contributed by atoms with Gasteiger partial charge in [0.2, 0.25) is 0 Å². The number of nitrogens with zero attached hydrogens (tertiary/aromatic N) is 1. The maximum absolute atomic E-state index is 2.49. The molecule has 1 nitrogen and oxygen atoms in total. The van der Waals surface area contributed by atoms with Crippen molar-refractivity contribution in [3.8, 4) is 0 Å². The zero-order valence-corrected chi connectivity index (χ0v) is 12.9. The second-order valence-electron chi connectivity index (χ2n) is 5.13. The molecule has 0 heterocycles. The zero-order chi connectivity index (χ0) is 12.1. The number of hydrogen-bond donors (Lipinski definition) is 0. The first kappa shape index (κ1) is 19.9. The largest absolute Gasteiger partial charge is 0.306 e. The Balaban J connectivity index is 0. The Hall–Kier alpha value is 0.557. The van der Waals surface area contributed by atoms with Crippen molar-refractivity contribution in [2.24, 2.45) is 0 Å². The number of hydrogen-bond acceptors (Lipinski definition) is 1. The van der Waals surface area contributed by atoms with E-state index in [0.717, 1.165) is 0 Å². The van der Waals surface area contributed by atoms with Gasteiger partial charge in [-0.15, -0.1) is 0 Å². The van der Waals surface area contributed by atoms with Crippen LogP contribution in [-0.4, -0.2) is 43.9 Å². The van der Waals surface area contributed by atoms with E-state index in [1.165, 1.54) is 77.3 Å². The van der Waals surface area contributed by atoms with E-state index in [-0.39, 0.29) is 18.9 Å². The normalized spacial score (nSPS) is 10.6. The third-order valence-electron chi connectivity index (χ3n) is 3.29. The molecule has 0 fully saturated rings. The average Bonchev–Trinajstić information content (AvgIpc) is 2.30. The van der Waals surface area contributed by atoms with Crippen molar-refractivity contribution in [1.82, 2.24) is 4.90 Å². The van der Waals surface area contributed by atoms with Crippen molar-refractivity contribution in [1.29, 1.82) is 0 Å². The molecule has 0 aromatic carbocycles. The van der Waals surface area contributed by atoms with Gasteiger partial charge < -0.3 is 4.90 Å². The Morgan fingerprint density at radius 2 is 1.00 bits per heavy atom. The number of unbranched alkanes of at least 4 members (excludes halogenated alkanes) is 8. The maximum atomic E-state index is 2.49. The van der Waals surface area contributed by atoms with Gasteiger partial charge in [0.1, 0.15) is 0 Å². The molecule has 0 rings (SSSR count). The van der Waals surface area contributed by atoms with E-state index in [1.807, 2.05) is 0 Å². The van der Waals surface area contributed by atoms with E-state index < -0.39 is 0 Å². The monoisotopic (exact) mass is 234 g/mol. The summed E-state index contributed by atoms with van der Waals surface area (Å²) in [6.45, 7) is 7.14. The summed E-state index contributed by atoms with van der Waals surface area (Å²) in [6.07, 6.45) is 14.1. The molecule has 0 aromatic heterocycles. The summed E-state index contributed by atoms with van der Waals surface area (Å²) in [6, 6.07) is 0. The molecular formula is C15H33LiN. The first-order chi connectivity index (χ1) is 7.81. The van der Waals surface area contributed by atoms with E-state index in [1.54, 1.807) is 0 Å². The minimum atomic E-state index is 0. The van der Waals surface area contributed by atoms with E-state index in [0.29, 0.717) is 0 Å². The fraction of sp³-hybridized carbons (Fsp3) is 1.00. The van der Waals surface area contributed by atoms with E-state index in [9.17, 15) is 0 Å². The molecule has 99 valence electrons. The molecular weight excluding hydrogens is 201 g/mol. The van der Waals surface area contributed by atoms with Gasteiger partial charge in [0.25, 0.3) is 0 Å². The minimum absolute atomic E-state index is 0. The predicted molar refractivity (Wildman–Crippen MR) is 80.8 cm³/mol. The molecule has 2 heteroatoms. The van der Waals surface area contributed by atoms with Gasteiger partial charge in [-0.2, -0.15) is 0 Å². The van der Waals surface area contributed by atoms with Gasteiger partial charge >= 0.3 is 0 Å². The Morgan fingerprint density at radius 1 is 0.588 bits per heavy atom. The summed E-state index contributed by atoms with van der Waals surface area (Å²) < 4.78 is 0. The fourth-order valence-corrected chi connectivity index (χ4v) is 2.06. The Bertz CT molecular complexity index is 128. The topological polar surface area (TPSA) is 3.24 Å². The van der Waals surface area contributed by atoms with Crippen LogP contribution in [0.3, 0.4) is 0 Å². The molecule has 0 unspecified atom stereocenters. The van der Waals surface area contributed by atoms with Gasteiger partial charge in [-0.25, -0.2) is 0 Å². The van der Waals surface area contributed by atoms with Crippen LogP contribution in [0.2, 0.25) is 0 Å². The quantitative estimate of drug-likeness (QED) is 0.355. The van der Waals surface area contributed by atoms with Gasteiger partial charge in [-0.1, -0.05) is 65.2 Å². The molecule has 0 bridgehead atoms. The van der Waals surface area contributed by atoms with Gasteiger partial charge in [0.05, 0.1) is 0 Å². The van der Waals surface area contributed by atoms with Crippen LogP contribution in [-0.2, 0) is 0 Å². The molecule has 0 atom stereocenters. The fourth-order valence-electron chi connectivity index (χ4n) is 2.06. The van der Waals surface area contributed by atoms with Crippen LogP contribution in [0.15, 0.2) is 0 Å². The molecule has 0 amide bonds. The second kappa shape index (κ2) is 16.6. The first-order valence-corrected chi connectivity index (χ1v) is 7.49. The van der Waals surface area contributed by atoms with Crippen LogP contribution in [0.4, 0.5) is 0 Å². The molecule has 0 aliphatic rings. The molecule has 1 radical (unpaired) electrons. The van der Waals surface area contributed by atoms with Crippen LogP contribution < -0.4 is 0 Å². The second-order valence-corrected chi connectivity index (χ2v) is 5.13. The first-order valence-electron chi connectivity index (χ1n) is 7.49. The molecule has 17 heavy (non-hydrogen) atoms. The predicted octanol–water partition coefficient (Wildman–Crippen LogP) is 4.48. The standard InChI is InChI=1S/C15H33N.Li/c1-4-6-8-9-10-11-12-13-15-16(3)14-7-5-2;/h4-15H2,1-3H3;. The Morgan fingerprint density at radius 3 is 1.53 bits per heavy atom. The van der Waals surface area contributed by atoms with Crippen LogP contribution >= 0.6 is 0 Å². The zero-order valence-electron chi connectivity index (χ0n) is 12.9. The molecule has 0 saturated heterocycles. The van der Waals surface area contributed by atoms with Crippen molar-refractivity contribution < 1.29 is 0 Å². The van der Waals surface area contributed by atoms with Crippen molar-refractivity contribution in [2.75, 3.05) is 20.1 Å². The van der Waals surface area contributed by atoms with Crippen LogP contribution in [0.25, 0.3) is 0 Å². The molecule has 0 aromatic rings. The molecule has 0 spiro atoms. The van der Waals surface area contributed by atoms with Crippen molar-refractivity contribution in [3.05, 3.63) is 0 Å². The van der Waals surface area contributed by atoms with Crippen LogP contribution in [0, 0.1) is 0 Å². The number of rotatable bonds is 12. The van der Waals surface area contributed by atoms with Gasteiger partial charge in [-0.05, 0) is 33.0 Å². The summed E-state index contributed by atoms with van der Waals surface area (Å²) in [5, 5.41) is 0. The van der Waals surface area contributed by atoms with Gasteiger partial charge in [0.15, 0.2) is 0 Å². The van der Waals surface area contributed by atoms with E-state index >= 15 is 0 Å². The van der Waals surface area contributed by atoms with Crippen molar-refractivity contribution in [2.45, 2.75) is 78.1 Å². The average molecular weight is 234 g/mol. The van der Waals surface area contributed by atoms with Gasteiger partial charge in [-0.3, -0.25) is 0 Å². The Labute approximate surface area is 122 Å². The maximum Gasteiger partial charge on any atom is 0 e. The third kappa shape index (κ3) is 16.6. The van der Waals surface area contributed by atoms with Crippen LogP contribution in [0.5, 0.6) is 0 Å². The third-order valence-corrected chi connectivity index (χ3v) is 3.29. The Kier molecular flexibility index (Phi) is 19.4. The van der Waals surface area contributed by atoms with Crippen LogP contribution in [0.1, 0.15) is 78.1 Å². The van der Waals surface area contributed by atoms with Gasteiger partial charge in [0, 0.05) is 18.9 Å². The van der Waals surface area contributed by atoms with E-state index in [2.05, 4.69) is 25.8 Å². The minimum Gasteiger partial charge on any atom is -0.306 e. The van der Waals surface area contributed by atoms with Crippen molar-refractivity contribution in [3.63, 3.8) is 0 Å². The summed E-state index contributed by atoms with van der Waals surface area (Å²) in [5.74, 6) is 0. The molecule has 0 N–H and O–H groups in total. The summed E-state index contributed by atoms with van der Waals surface area (Å²) in [4.78, 5) is 2.49. The summed E-state index contributed by atoms with van der Waals surface area (Å²) in [7, 11) is 2.26. The smallest absolute Gasteiger partial charge is 0 e.